The Balaban J connectivity index is 1.98. The molecule has 0 spiro atoms. The molecule has 0 heterocycles. The van der Waals surface area contributed by atoms with Gasteiger partial charge in [-0.05, 0) is 49.5 Å². The molecule has 0 aromatic heterocycles. The second-order valence-electron chi connectivity index (χ2n) is 5.39. The zero-order valence-electron chi connectivity index (χ0n) is 10.5. The summed E-state index contributed by atoms with van der Waals surface area (Å²) in [6, 6.07) is 22.1. The zero-order chi connectivity index (χ0) is 12.4. The number of fused-ring (bicyclic) bond motifs is 6. The van der Waals surface area contributed by atoms with Crippen molar-refractivity contribution < 1.29 is 0 Å². The average Bonchev–Trinajstić information content (AvgIpc) is 2.81. The van der Waals surface area contributed by atoms with Crippen molar-refractivity contribution in [2.75, 3.05) is 0 Å². The van der Waals surface area contributed by atoms with Crippen LogP contribution in [0.4, 0.5) is 0 Å². The molecule has 0 nitrogen and oxygen atoms in total. The summed E-state index contributed by atoms with van der Waals surface area (Å²) in [6.07, 6.45) is 1.09. The van der Waals surface area contributed by atoms with Crippen LogP contribution in [0.3, 0.4) is 0 Å². The van der Waals surface area contributed by atoms with E-state index in [1.165, 1.54) is 43.1 Å². The van der Waals surface area contributed by atoms with Crippen LogP contribution >= 0.6 is 0 Å². The first-order valence-corrected chi connectivity index (χ1v) is 6.77. The summed E-state index contributed by atoms with van der Waals surface area (Å²) in [5.41, 5.74) is 5.85. The van der Waals surface area contributed by atoms with Crippen LogP contribution in [-0.4, -0.2) is 0 Å². The molecule has 2 aliphatic carbocycles. The smallest absolute Gasteiger partial charge is 0.000706 e. The molecular weight excluding hydrogens is 228 g/mol. The van der Waals surface area contributed by atoms with Crippen molar-refractivity contribution in [2.24, 2.45) is 0 Å². The van der Waals surface area contributed by atoms with Gasteiger partial charge in [-0.25, -0.2) is 0 Å². The highest BCUT2D eigenvalue weighted by atomic mass is 14.2. The van der Waals surface area contributed by atoms with Crippen LogP contribution in [-0.2, 0) is 6.42 Å². The highest BCUT2D eigenvalue weighted by Gasteiger charge is 2.20. The van der Waals surface area contributed by atoms with E-state index >= 15 is 0 Å². The van der Waals surface area contributed by atoms with Gasteiger partial charge in [-0.2, -0.15) is 0 Å². The average molecular weight is 240 g/mol. The Morgan fingerprint density at radius 3 is 2.32 bits per heavy atom. The van der Waals surface area contributed by atoms with Gasteiger partial charge in [0.1, 0.15) is 0 Å². The van der Waals surface area contributed by atoms with Crippen molar-refractivity contribution in [3.8, 4) is 11.1 Å². The van der Waals surface area contributed by atoms with Gasteiger partial charge in [-0.1, -0.05) is 60.7 Å². The van der Waals surface area contributed by atoms with E-state index in [1.54, 1.807) is 0 Å². The second-order valence-corrected chi connectivity index (χ2v) is 5.39. The first-order valence-electron chi connectivity index (χ1n) is 6.77. The van der Waals surface area contributed by atoms with Crippen LogP contribution in [0.5, 0.6) is 0 Å². The largest absolute Gasteiger partial charge is 0.0619 e. The number of hydrogen-bond acceptors (Lipinski definition) is 0. The van der Waals surface area contributed by atoms with Crippen molar-refractivity contribution in [3.63, 3.8) is 0 Å². The first kappa shape index (κ1) is 9.57. The van der Waals surface area contributed by atoms with Gasteiger partial charge in [-0.15, -0.1) is 0 Å². The lowest BCUT2D eigenvalue weighted by Gasteiger charge is -2.09. The van der Waals surface area contributed by atoms with E-state index in [1.807, 2.05) is 0 Å². The highest BCUT2D eigenvalue weighted by molar-refractivity contribution is 5.77. The van der Waals surface area contributed by atoms with E-state index in [4.69, 9.17) is 0 Å². The Bertz CT molecular complexity index is 1030. The maximum Gasteiger partial charge on any atom is -0.000706 e. The van der Waals surface area contributed by atoms with Crippen LogP contribution in [0, 0.1) is 20.9 Å². The summed E-state index contributed by atoms with van der Waals surface area (Å²) in [7, 11) is 0. The lowest BCUT2D eigenvalue weighted by atomic mass is 9.94. The summed E-state index contributed by atoms with van der Waals surface area (Å²) in [6.45, 7) is 0. The standard InChI is InChI=1S/C19H12/c1-2-6-13-12(5-1)11-18-15(13)9-10-17-14-7-3-4-8-16(14)19(17)18/h1-10H,11H2. The molecule has 0 bridgehead atoms. The van der Waals surface area contributed by atoms with Gasteiger partial charge in [0.25, 0.3) is 0 Å². The van der Waals surface area contributed by atoms with Crippen LogP contribution in [0.2, 0.25) is 0 Å². The van der Waals surface area contributed by atoms with E-state index in [0.29, 0.717) is 0 Å². The van der Waals surface area contributed by atoms with Gasteiger partial charge in [0.2, 0.25) is 0 Å². The van der Waals surface area contributed by atoms with Gasteiger partial charge in [-0.3, -0.25) is 0 Å². The summed E-state index contributed by atoms with van der Waals surface area (Å²) >= 11 is 0. The van der Waals surface area contributed by atoms with E-state index in [2.05, 4.69) is 60.7 Å². The van der Waals surface area contributed by atoms with Gasteiger partial charge in [0.05, 0.1) is 0 Å². The fourth-order valence-corrected chi connectivity index (χ4v) is 3.62. The molecule has 88 valence electrons. The quantitative estimate of drug-likeness (QED) is 0.381. The minimum absolute atomic E-state index is 1.09. The Hall–Kier alpha value is -2.34. The number of benzene rings is 3. The molecule has 0 aliphatic heterocycles. The van der Waals surface area contributed by atoms with E-state index in [9.17, 15) is 0 Å². The minimum atomic E-state index is 1.09. The van der Waals surface area contributed by atoms with Gasteiger partial charge in [0.15, 0.2) is 0 Å². The highest BCUT2D eigenvalue weighted by Crippen LogP contribution is 2.38. The van der Waals surface area contributed by atoms with Crippen molar-refractivity contribution >= 4 is 0 Å². The second kappa shape index (κ2) is 3.16. The number of rotatable bonds is 0. The Morgan fingerprint density at radius 1 is 0.579 bits per heavy atom. The topological polar surface area (TPSA) is 0 Å². The Morgan fingerprint density at radius 2 is 1.37 bits per heavy atom. The van der Waals surface area contributed by atoms with Gasteiger partial charge >= 0.3 is 0 Å². The normalized spacial score (nSPS) is 13.1. The van der Waals surface area contributed by atoms with Crippen molar-refractivity contribution in [3.05, 3.63) is 92.7 Å². The lowest BCUT2D eigenvalue weighted by Crippen LogP contribution is -1.96. The summed E-state index contributed by atoms with van der Waals surface area (Å²) in [5, 5.41) is 5.77. The molecule has 0 fully saturated rings. The van der Waals surface area contributed by atoms with Crippen molar-refractivity contribution in [2.45, 2.75) is 6.42 Å². The van der Waals surface area contributed by atoms with Gasteiger partial charge < -0.3 is 0 Å². The molecule has 0 unspecified atom stereocenters. The van der Waals surface area contributed by atoms with Gasteiger partial charge in [0, 0.05) is 0 Å². The molecule has 0 amide bonds. The predicted octanol–water partition coefficient (Wildman–Crippen LogP) is 4.15. The SMILES string of the molecule is c1ccc2c(c1)Cc1c-2ccc2c1=c1ccccc1=2. The molecule has 0 atom stereocenters. The molecule has 19 heavy (non-hydrogen) atoms. The monoisotopic (exact) mass is 240 g/mol. The maximum atomic E-state index is 2.30. The van der Waals surface area contributed by atoms with E-state index in [-0.39, 0.29) is 0 Å². The molecule has 0 radical (unpaired) electrons. The van der Waals surface area contributed by atoms with Crippen LogP contribution < -0.4 is 0 Å². The molecule has 0 heteroatoms. The molecule has 0 saturated carbocycles. The van der Waals surface area contributed by atoms with Crippen LogP contribution in [0.1, 0.15) is 11.1 Å². The number of hydrogen-bond donors (Lipinski definition) is 0. The molecule has 2 aliphatic rings. The molecule has 5 rings (SSSR count). The Labute approximate surface area is 111 Å². The molecule has 0 N–H and O–H groups in total. The molecule has 3 aromatic carbocycles. The molecule has 3 aromatic rings. The Kier molecular flexibility index (Phi) is 1.59. The fourth-order valence-electron chi connectivity index (χ4n) is 3.62. The van der Waals surface area contributed by atoms with Crippen molar-refractivity contribution in [1.82, 2.24) is 0 Å². The third kappa shape index (κ3) is 1.05. The third-order valence-corrected chi connectivity index (χ3v) is 4.47. The zero-order valence-corrected chi connectivity index (χ0v) is 10.5. The van der Waals surface area contributed by atoms with E-state index in [0.717, 1.165) is 6.42 Å². The maximum absolute atomic E-state index is 2.30. The van der Waals surface area contributed by atoms with Crippen LogP contribution in [0.25, 0.3) is 11.1 Å². The molecular formula is C19H12. The van der Waals surface area contributed by atoms with Crippen molar-refractivity contribution in [1.29, 1.82) is 0 Å². The van der Waals surface area contributed by atoms with Crippen LogP contribution in [0.15, 0.2) is 60.7 Å². The molecule has 0 saturated heterocycles. The minimum Gasteiger partial charge on any atom is -0.0619 e. The summed E-state index contributed by atoms with van der Waals surface area (Å²) in [5.74, 6) is 0. The van der Waals surface area contributed by atoms with E-state index < -0.39 is 0 Å². The first-order chi connectivity index (χ1) is 9.43. The summed E-state index contributed by atoms with van der Waals surface area (Å²) in [4.78, 5) is 0. The summed E-state index contributed by atoms with van der Waals surface area (Å²) < 4.78 is 0. The predicted molar refractivity (Wildman–Crippen MR) is 76.5 cm³/mol. The third-order valence-electron chi connectivity index (χ3n) is 4.47. The fraction of sp³-hybridized carbons (Fsp3) is 0.0526. The lowest BCUT2D eigenvalue weighted by molar-refractivity contribution is 1.17.